The Bertz CT molecular complexity index is 299. The van der Waals surface area contributed by atoms with Gasteiger partial charge in [-0.1, -0.05) is 28.1 Å². The molecule has 1 heterocycles. The average Bonchev–Trinajstić information content (AvgIpc) is 2.56. The van der Waals surface area contributed by atoms with Crippen LogP contribution < -0.4 is 0 Å². The first-order valence-electron chi connectivity index (χ1n) is 4.85. The van der Waals surface area contributed by atoms with Crippen LogP contribution in [0.15, 0.2) is 24.3 Å². The fourth-order valence-corrected chi connectivity index (χ4v) is 2.75. The smallest absolute Gasteiger partial charge is 0.0285 e. The summed E-state index contributed by atoms with van der Waals surface area (Å²) in [4.78, 5) is 3.20. The third-order valence-corrected chi connectivity index (χ3v) is 4.00. The van der Waals surface area contributed by atoms with Crippen molar-refractivity contribution in [1.82, 2.24) is 4.90 Å². The second kappa shape index (κ2) is 4.94. The van der Waals surface area contributed by atoms with Gasteiger partial charge >= 0.3 is 0 Å². The molecule has 0 N–H and O–H groups in total. The molecule has 0 radical (unpaired) electrons. The van der Waals surface area contributed by atoms with Crippen LogP contribution >= 0.6 is 38.5 Å². The summed E-state index contributed by atoms with van der Waals surface area (Å²) in [7, 11) is 0. The van der Waals surface area contributed by atoms with E-state index in [2.05, 4.69) is 67.7 Å². The van der Waals surface area contributed by atoms with E-state index in [0.29, 0.717) is 4.83 Å². The SMILES string of the molecule is BrC1CCN(Cc2ccc(I)cc2)C1. The molecule has 0 spiro atoms. The van der Waals surface area contributed by atoms with Crippen molar-refractivity contribution in [2.24, 2.45) is 0 Å². The topological polar surface area (TPSA) is 3.24 Å². The molecule has 1 fully saturated rings. The highest BCUT2D eigenvalue weighted by Gasteiger charge is 2.19. The number of likely N-dealkylation sites (tertiary alicyclic amines) is 1. The third-order valence-electron chi connectivity index (χ3n) is 2.53. The minimum atomic E-state index is 0.700. The number of halogens is 2. The standard InChI is InChI=1S/C11H13BrIN/c12-10-5-6-14(8-10)7-9-1-3-11(13)4-2-9/h1-4,10H,5-8H2. The van der Waals surface area contributed by atoms with Crippen LogP contribution in [-0.4, -0.2) is 22.8 Å². The van der Waals surface area contributed by atoms with E-state index in [1.165, 1.54) is 28.6 Å². The summed E-state index contributed by atoms with van der Waals surface area (Å²) in [5.74, 6) is 0. The molecule has 1 atom stereocenters. The number of hydrogen-bond acceptors (Lipinski definition) is 1. The van der Waals surface area contributed by atoms with Crippen LogP contribution in [0.3, 0.4) is 0 Å². The fraction of sp³-hybridized carbons (Fsp3) is 0.455. The Kier molecular flexibility index (Phi) is 3.85. The molecule has 1 aromatic rings. The van der Waals surface area contributed by atoms with Crippen LogP contribution in [0.2, 0.25) is 0 Å². The molecule has 1 aliphatic heterocycles. The van der Waals surface area contributed by atoms with E-state index in [1.54, 1.807) is 0 Å². The molecule has 0 aromatic heterocycles. The van der Waals surface area contributed by atoms with Gasteiger partial charge in [-0.2, -0.15) is 0 Å². The van der Waals surface area contributed by atoms with Crippen LogP contribution in [0.25, 0.3) is 0 Å². The van der Waals surface area contributed by atoms with Crippen LogP contribution in [0, 0.1) is 3.57 Å². The Hall–Kier alpha value is 0.390. The van der Waals surface area contributed by atoms with Crippen molar-refractivity contribution in [3.05, 3.63) is 33.4 Å². The van der Waals surface area contributed by atoms with Gasteiger partial charge < -0.3 is 0 Å². The van der Waals surface area contributed by atoms with Crippen LogP contribution in [-0.2, 0) is 6.54 Å². The first-order chi connectivity index (χ1) is 6.74. The van der Waals surface area contributed by atoms with E-state index < -0.39 is 0 Å². The van der Waals surface area contributed by atoms with Gasteiger partial charge in [-0.25, -0.2) is 0 Å². The van der Waals surface area contributed by atoms with Crippen molar-refractivity contribution in [3.63, 3.8) is 0 Å². The Morgan fingerprint density at radius 1 is 1.36 bits per heavy atom. The molecule has 0 amide bonds. The first kappa shape index (κ1) is 10.9. The summed E-state index contributed by atoms with van der Waals surface area (Å²) >= 11 is 6.00. The highest BCUT2D eigenvalue weighted by Crippen LogP contribution is 2.19. The first-order valence-corrected chi connectivity index (χ1v) is 6.84. The monoisotopic (exact) mass is 365 g/mol. The molecule has 14 heavy (non-hydrogen) atoms. The zero-order valence-corrected chi connectivity index (χ0v) is 11.7. The highest BCUT2D eigenvalue weighted by atomic mass is 127. The molecule has 0 aliphatic carbocycles. The number of hydrogen-bond donors (Lipinski definition) is 0. The molecular formula is C11H13BrIN. The predicted octanol–water partition coefficient (Wildman–Crippen LogP) is 3.26. The van der Waals surface area contributed by atoms with Crippen molar-refractivity contribution in [2.75, 3.05) is 13.1 Å². The van der Waals surface area contributed by atoms with Crippen molar-refractivity contribution in [2.45, 2.75) is 17.8 Å². The summed E-state index contributed by atoms with van der Waals surface area (Å²) < 4.78 is 1.31. The lowest BCUT2D eigenvalue weighted by molar-refractivity contribution is 0.332. The van der Waals surface area contributed by atoms with Gasteiger partial charge in [-0.15, -0.1) is 0 Å². The minimum absolute atomic E-state index is 0.700. The number of nitrogens with zero attached hydrogens (tertiary/aromatic N) is 1. The second-order valence-electron chi connectivity index (χ2n) is 3.75. The minimum Gasteiger partial charge on any atom is -0.298 e. The highest BCUT2D eigenvalue weighted by molar-refractivity contribution is 14.1. The molecule has 1 unspecified atom stereocenters. The molecular weight excluding hydrogens is 353 g/mol. The summed E-state index contributed by atoms with van der Waals surface area (Å²) in [6.45, 7) is 3.51. The van der Waals surface area contributed by atoms with Gasteiger partial charge in [0.25, 0.3) is 0 Å². The van der Waals surface area contributed by atoms with Crippen molar-refractivity contribution in [3.8, 4) is 0 Å². The van der Waals surface area contributed by atoms with Crippen molar-refractivity contribution in [1.29, 1.82) is 0 Å². The van der Waals surface area contributed by atoms with Gasteiger partial charge in [-0.05, 0) is 53.3 Å². The van der Waals surface area contributed by atoms with E-state index in [1.807, 2.05) is 0 Å². The Morgan fingerprint density at radius 3 is 2.64 bits per heavy atom. The van der Waals surface area contributed by atoms with E-state index in [9.17, 15) is 0 Å². The van der Waals surface area contributed by atoms with E-state index in [-0.39, 0.29) is 0 Å². The fourth-order valence-electron chi connectivity index (χ4n) is 1.78. The lowest BCUT2D eigenvalue weighted by Gasteiger charge is -2.14. The number of alkyl halides is 1. The number of rotatable bonds is 2. The molecule has 1 nitrogen and oxygen atoms in total. The molecule has 1 aromatic carbocycles. The number of benzene rings is 1. The molecule has 1 aliphatic rings. The predicted molar refractivity (Wildman–Crippen MR) is 71.8 cm³/mol. The average molecular weight is 366 g/mol. The Balaban J connectivity index is 1.94. The maximum atomic E-state index is 3.66. The molecule has 3 heteroatoms. The lowest BCUT2D eigenvalue weighted by Crippen LogP contribution is -2.19. The van der Waals surface area contributed by atoms with Gasteiger partial charge in [0.05, 0.1) is 0 Å². The maximum Gasteiger partial charge on any atom is 0.0285 e. The normalized spacial score (nSPS) is 22.9. The quantitative estimate of drug-likeness (QED) is 0.574. The second-order valence-corrected chi connectivity index (χ2v) is 6.29. The van der Waals surface area contributed by atoms with E-state index in [4.69, 9.17) is 0 Å². The van der Waals surface area contributed by atoms with Gasteiger partial charge in [0, 0.05) is 21.5 Å². The van der Waals surface area contributed by atoms with Crippen LogP contribution in [0.1, 0.15) is 12.0 Å². The maximum absolute atomic E-state index is 3.66. The van der Waals surface area contributed by atoms with E-state index in [0.717, 1.165) is 6.54 Å². The zero-order valence-electron chi connectivity index (χ0n) is 7.92. The van der Waals surface area contributed by atoms with Gasteiger partial charge in [0.15, 0.2) is 0 Å². The zero-order chi connectivity index (χ0) is 9.97. The lowest BCUT2D eigenvalue weighted by atomic mass is 10.2. The summed E-state index contributed by atoms with van der Waals surface area (Å²) in [5.41, 5.74) is 1.42. The largest absolute Gasteiger partial charge is 0.298 e. The van der Waals surface area contributed by atoms with E-state index >= 15 is 0 Å². The Morgan fingerprint density at radius 2 is 2.07 bits per heavy atom. The molecule has 2 rings (SSSR count). The van der Waals surface area contributed by atoms with Gasteiger partial charge in [0.2, 0.25) is 0 Å². The molecule has 1 saturated heterocycles. The molecule has 0 bridgehead atoms. The third kappa shape index (κ3) is 2.94. The molecule has 0 saturated carbocycles. The van der Waals surface area contributed by atoms with Crippen LogP contribution in [0.5, 0.6) is 0 Å². The summed E-state index contributed by atoms with van der Waals surface area (Å²) in [6, 6.07) is 8.81. The van der Waals surface area contributed by atoms with Crippen molar-refractivity contribution >= 4 is 38.5 Å². The molecule has 76 valence electrons. The summed E-state index contributed by atoms with van der Waals surface area (Å²) in [6.07, 6.45) is 1.28. The van der Waals surface area contributed by atoms with Crippen LogP contribution in [0.4, 0.5) is 0 Å². The Labute approximate surface area is 107 Å². The van der Waals surface area contributed by atoms with Crippen molar-refractivity contribution < 1.29 is 0 Å². The van der Waals surface area contributed by atoms with Gasteiger partial charge in [0.1, 0.15) is 0 Å². The summed E-state index contributed by atoms with van der Waals surface area (Å²) in [5, 5.41) is 0. The van der Waals surface area contributed by atoms with Gasteiger partial charge in [-0.3, -0.25) is 4.90 Å².